The molecule has 138 valence electrons. The van der Waals surface area contributed by atoms with Crippen molar-refractivity contribution in [1.29, 1.82) is 0 Å². The zero-order valence-electron chi connectivity index (χ0n) is 14.8. The second kappa shape index (κ2) is 6.81. The van der Waals surface area contributed by atoms with E-state index in [2.05, 4.69) is 15.4 Å². The van der Waals surface area contributed by atoms with Gasteiger partial charge in [0.1, 0.15) is 0 Å². The number of fused-ring (bicyclic) bond motifs is 3. The van der Waals surface area contributed by atoms with Gasteiger partial charge in [-0.2, -0.15) is 5.10 Å². The first-order valence-electron chi connectivity index (χ1n) is 8.65. The monoisotopic (exact) mass is 375 g/mol. The molecule has 0 radical (unpaired) electrons. The molecule has 9 heteroatoms. The van der Waals surface area contributed by atoms with Gasteiger partial charge in [-0.15, -0.1) is 11.3 Å². The van der Waals surface area contributed by atoms with Gasteiger partial charge >= 0.3 is 0 Å². The maximum absolute atomic E-state index is 12.6. The number of nitrogens with one attached hydrogen (secondary N) is 1. The van der Waals surface area contributed by atoms with Crippen LogP contribution in [0.1, 0.15) is 17.0 Å². The average Bonchev–Trinajstić information content (AvgIpc) is 3.30. The van der Waals surface area contributed by atoms with Crippen LogP contribution in [-0.2, 0) is 34.2 Å². The Balaban J connectivity index is 1.45. The van der Waals surface area contributed by atoms with E-state index in [1.54, 1.807) is 12.0 Å². The highest BCUT2D eigenvalue weighted by Gasteiger charge is 2.34. The van der Waals surface area contributed by atoms with Crippen molar-refractivity contribution in [2.24, 2.45) is 13.0 Å². The number of anilines is 1. The summed E-state index contributed by atoms with van der Waals surface area (Å²) in [5.74, 6) is -0.481. The van der Waals surface area contributed by atoms with Crippen LogP contribution < -0.4 is 5.32 Å². The number of amides is 2. The minimum atomic E-state index is -0.339. The van der Waals surface area contributed by atoms with Crippen molar-refractivity contribution >= 4 is 28.3 Å². The Labute approximate surface area is 155 Å². The number of thiazole rings is 1. The molecule has 0 unspecified atom stereocenters. The Morgan fingerprint density at radius 3 is 3.12 bits per heavy atom. The molecule has 2 aromatic rings. The van der Waals surface area contributed by atoms with Crippen LogP contribution in [0.4, 0.5) is 5.13 Å². The topological polar surface area (TPSA) is 89.3 Å². The van der Waals surface area contributed by atoms with E-state index in [9.17, 15) is 9.59 Å². The molecule has 1 aliphatic carbocycles. The highest BCUT2D eigenvalue weighted by Crippen LogP contribution is 2.38. The van der Waals surface area contributed by atoms with E-state index in [0.717, 1.165) is 24.1 Å². The summed E-state index contributed by atoms with van der Waals surface area (Å²) in [7, 11) is 3.54. The standard InChI is InChI=1S/C17H21N5O3S/c1-21-12-3-4-13-15(11(12)8-18-21)19-17(26-13)20-16(24)10-7-14(23)22(9-10)5-6-25-2/h8,10H,3-7,9H2,1-2H3,(H,19,20,24)/t10-/m1/s1. The van der Waals surface area contributed by atoms with E-state index >= 15 is 0 Å². The molecular formula is C17H21N5O3S. The molecule has 2 aliphatic rings. The lowest BCUT2D eigenvalue weighted by Crippen LogP contribution is -2.30. The number of nitrogens with zero attached hydrogens (tertiary/aromatic N) is 4. The zero-order valence-corrected chi connectivity index (χ0v) is 15.6. The molecule has 26 heavy (non-hydrogen) atoms. The summed E-state index contributed by atoms with van der Waals surface area (Å²) in [4.78, 5) is 32.1. The van der Waals surface area contributed by atoms with Crippen LogP contribution in [0, 0.1) is 5.92 Å². The van der Waals surface area contributed by atoms with Gasteiger partial charge in [-0.25, -0.2) is 4.98 Å². The summed E-state index contributed by atoms with van der Waals surface area (Å²) < 4.78 is 6.89. The first kappa shape index (κ1) is 17.2. The summed E-state index contributed by atoms with van der Waals surface area (Å²) in [5.41, 5.74) is 3.15. The normalized spacial score (nSPS) is 18.8. The predicted molar refractivity (Wildman–Crippen MR) is 96.9 cm³/mol. The third-order valence-corrected chi connectivity index (χ3v) is 6.01. The van der Waals surface area contributed by atoms with Gasteiger partial charge in [0.05, 0.1) is 24.4 Å². The third-order valence-electron chi connectivity index (χ3n) is 4.98. The first-order chi connectivity index (χ1) is 12.6. The summed E-state index contributed by atoms with van der Waals surface area (Å²) in [5, 5.41) is 7.82. The Morgan fingerprint density at radius 1 is 1.46 bits per heavy atom. The Kier molecular flexibility index (Phi) is 4.49. The van der Waals surface area contributed by atoms with Gasteiger partial charge in [-0.1, -0.05) is 0 Å². The molecule has 1 fully saturated rings. The number of rotatable bonds is 5. The first-order valence-corrected chi connectivity index (χ1v) is 9.47. The fourth-order valence-corrected chi connectivity index (χ4v) is 4.53. The van der Waals surface area contributed by atoms with E-state index in [0.29, 0.717) is 24.8 Å². The van der Waals surface area contributed by atoms with Crippen molar-refractivity contribution in [3.63, 3.8) is 0 Å². The quantitative estimate of drug-likeness (QED) is 0.845. The lowest BCUT2D eigenvalue weighted by Gasteiger charge is -2.15. The van der Waals surface area contributed by atoms with Gasteiger partial charge in [-0.05, 0) is 12.8 Å². The maximum atomic E-state index is 12.6. The average molecular weight is 375 g/mol. The maximum Gasteiger partial charge on any atom is 0.231 e. The molecule has 1 N–H and O–H groups in total. The molecule has 8 nitrogen and oxygen atoms in total. The largest absolute Gasteiger partial charge is 0.383 e. The number of methoxy groups -OCH3 is 1. The second-order valence-corrected chi connectivity index (χ2v) is 7.73. The van der Waals surface area contributed by atoms with Crippen molar-refractivity contribution in [1.82, 2.24) is 19.7 Å². The minimum Gasteiger partial charge on any atom is -0.383 e. The molecule has 2 amide bonds. The molecule has 1 saturated heterocycles. The number of aromatic nitrogens is 3. The molecule has 1 aliphatic heterocycles. The summed E-state index contributed by atoms with van der Waals surface area (Å²) >= 11 is 1.51. The van der Waals surface area contributed by atoms with E-state index in [1.807, 2.05) is 17.9 Å². The smallest absolute Gasteiger partial charge is 0.231 e. The fraction of sp³-hybridized carbons (Fsp3) is 0.529. The van der Waals surface area contributed by atoms with E-state index in [4.69, 9.17) is 4.74 Å². The van der Waals surface area contributed by atoms with Gasteiger partial charge in [0.2, 0.25) is 11.8 Å². The van der Waals surface area contributed by atoms with Gasteiger partial charge < -0.3 is 15.0 Å². The van der Waals surface area contributed by atoms with Gasteiger partial charge in [-0.3, -0.25) is 14.3 Å². The number of aryl methyl sites for hydroxylation is 2. The SMILES string of the molecule is COCCN1C[C@H](C(=O)Nc2nc3c(s2)CCc2c-3cnn2C)CC1=O. The Morgan fingerprint density at radius 2 is 2.31 bits per heavy atom. The Bertz CT molecular complexity index is 859. The summed E-state index contributed by atoms with van der Waals surface area (Å²) in [6, 6.07) is 0. The molecule has 3 heterocycles. The summed E-state index contributed by atoms with van der Waals surface area (Å²) in [6.45, 7) is 1.44. The molecule has 0 saturated carbocycles. The van der Waals surface area contributed by atoms with Gasteiger partial charge in [0.25, 0.3) is 0 Å². The molecule has 0 spiro atoms. The number of carbonyl (C=O) groups is 2. The van der Waals surface area contributed by atoms with Crippen LogP contribution in [0.5, 0.6) is 0 Å². The minimum absolute atomic E-state index is 0.000588. The number of likely N-dealkylation sites (tertiary alicyclic amines) is 1. The van der Waals surface area contributed by atoms with Crippen LogP contribution in [0.15, 0.2) is 6.20 Å². The van der Waals surface area contributed by atoms with E-state index < -0.39 is 0 Å². The molecule has 2 aromatic heterocycles. The van der Waals surface area contributed by atoms with Crippen LogP contribution in [0.3, 0.4) is 0 Å². The lowest BCUT2D eigenvalue weighted by molar-refractivity contribution is -0.128. The highest BCUT2D eigenvalue weighted by atomic mass is 32.1. The van der Waals surface area contributed by atoms with Gasteiger partial charge in [0, 0.05) is 49.8 Å². The van der Waals surface area contributed by atoms with Crippen LogP contribution in [-0.4, -0.2) is 58.3 Å². The van der Waals surface area contributed by atoms with Crippen molar-refractivity contribution < 1.29 is 14.3 Å². The van der Waals surface area contributed by atoms with E-state index in [1.165, 1.54) is 21.9 Å². The van der Waals surface area contributed by atoms with Crippen molar-refractivity contribution in [2.45, 2.75) is 19.3 Å². The van der Waals surface area contributed by atoms with Crippen LogP contribution in [0.25, 0.3) is 11.3 Å². The van der Waals surface area contributed by atoms with E-state index in [-0.39, 0.29) is 24.2 Å². The molecule has 4 rings (SSSR count). The number of hydrogen-bond donors (Lipinski definition) is 1. The Hall–Kier alpha value is -2.26. The second-order valence-electron chi connectivity index (χ2n) is 6.64. The third kappa shape index (κ3) is 3.01. The number of hydrogen-bond acceptors (Lipinski definition) is 6. The van der Waals surface area contributed by atoms with Crippen LogP contribution >= 0.6 is 11.3 Å². The molecule has 0 bridgehead atoms. The molecule has 1 atom stereocenters. The predicted octanol–water partition coefficient (Wildman–Crippen LogP) is 1.08. The van der Waals surface area contributed by atoms with Crippen molar-refractivity contribution in [3.05, 3.63) is 16.8 Å². The van der Waals surface area contributed by atoms with Crippen molar-refractivity contribution in [2.75, 3.05) is 32.1 Å². The number of carbonyl (C=O) groups excluding carboxylic acids is 2. The van der Waals surface area contributed by atoms with Crippen molar-refractivity contribution in [3.8, 4) is 11.3 Å². The number of ether oxygens (including phenoxy) is 1. The molecular weight excluding hydrogens is 354 g/mol. The van der Waals surface area contributed by atoms with Crippen LogP contribution in [0.2, 0.25) is 0 Å². The summed E-state index contributed by atoms with van der Waals surface area (Å²) in [6.07, 6.45) is 3.91. The van der Waals surface area contributed by atoms with Gasteiger partial charge in [0.15, 0.2) is 5.13 Å². The zero-order chi connectivity index (χ0) is 18.3. The highest BCUT2D eigenvalue weighted by molar-refractivity contribution is 7.16. The molecule has 0 aromatic carbocycles. The lowest BCUT2D eigenvalue weighted by atomic mass is 10.0. The fourth-order valence-electron chi connectivity index (χ4n) is 3.55.